The van der Waals surface area contributed by atoms with Crippen molar-refractivity contribution in [3.05, 3.63) is 41.7 Å². The van der Waals surface area contributed by atoms with Crippen LogP contribution in [0.15, 0.2) is 30.4 Å². The minimum absolute atomic E-state index is 0.236. The number of fused-ring (bicyclic) bond motifs is 1. The van der Waals surface area contributed by atoms with Crippen molar-refractivity contribution in [2.45, 2.75) is 70.6 Å². The summed E-state index contributed by atoms with van der Waals surface area (Å²) in [6.07, 6.45) is 8.83. The van der Waals surface area contributed by atoms with Crippen molar-refractivity contribution in [1.29, 1.82) is 0 Å². The lowest BCUT2D eigenvalue weighted by atomic mass is 9.63. The van der Waals surface area contributed by atoms with Gasteiger partial charge in [0.1, 0.15) is 0 Å². The second-order valence-electron chi connectivity index (χ2n) is 8.09. The summed E-state index contributed by atoms with van der Waals surface area (Å²) in [5, 5.41) is 0. The Hall–Kier alpha value is -1.52. The molecule has 0 N–H and O–H groups in total. The fourth-order valence-electron chi connectivity index (χ4n) is 5.03. The highest BCUT2D eigenvalue weighted by atomic mass is 19.4. The van der Waals surface area contributed by atoms with Crippen molar-refractivity contribution in [1.82, 2.24) is 0 Å². The highest BCUT2D eigenvalue weighted by molar-refractivity contribution is 5.32. The smallest absolute Gasteiger partial charge is 0.403 e. The molecule has 0 heterocycles. The van der Waals surface area contributed by atoms with Gasteiger partial charge in [-0.05, 0) is 93.2 Å². The molecule has 1 aromatic carbocycles. The van der Waals surface area contributed by atoms with Crippen molar-refractivity contribution < 1.29 is 22.3 Å². The van der Waals surface area contributed by atoms with E-state index in [2.05, 4.69) is 23.8 Å². The zero-order chi connectivity index (χ0) is 19.4. The Kier molecular flexibility index (Phi) is 6.48. The van der Waals surface area contributed by atoms with Crippen molar-refractivity contribution in [3.63, 3.8) is 0 Å². The summed E-state index contributed by atoms with van der Waals surface area (Å²) >= 11 is 0. The van der Waals surface area contributed by atoms with Crippen LogP contribution in [-0.2, 0) is 0 Å². The predicted octanol–water partition coefficient (Wildman–Crippen LogP) is 7.38. The molecule has 4 unspecified atom stereocenters. The Labute approximate surface area is 158 Å². The van der Waals surface area contributed by atoms with Gasteiger partial charge in [0.25, 0.3) is 0 Å². The zero-order valence-electron chi connectivity index (χ0n) is 15.8. The van der Waals surface area contributed by atoms with E-state index < -0.39 is 17.9 Å². The first kappa shape index (κ1) is 20.2. The highest BCUT2D eigenvalue weighted by Gasteiger charge is 2.36. The molecule has 150 valence electrons. The largest absolute Gasteiger partial charge is 0.573 e. The number of allylic oxidation sites excluding steroid dienone is 2. The van der Waals surface area contributed by atoms with Crippen molar-refractivity contribution in [3.8, 4) is 5.75 Å². The molecule has 0 bridgehead atoms. The third kappa shape index (κ3) is 5.49. The van der Waals surface area contributed by atoms with Crippen LogP contribution in [0.25, 0.3) is 0 Å². The maximum absolute atomic E-state index is 14.0. The quantitative estimate of drug-likeness (QED) is 0.380. The van der Waals surface area contributed by atoms with Crippen LogP contribution in [0.5, 0.6) is 5.75 Å². The van der Waals surface area contributed by atoms with Crippen molar-refractivity contribution >= 4 is 0 Å². The van der Waals surface area contributed by atoms with Gasteiger partial charge in [-0.1, -0.05) is 24.6 Å². The summed E-state index contributed by atoms with van der Waals surface area (Å²) in [5.41, 5.74) is 0.802. The minimum atomic E-state index is -4.87. The Morgan fingerprint density at radius 1 is 1.07 bits per heavy atom. The van der Waals surface area contributed by atoms with E-state index in [4.69, 9.17) is 0 Å². The van der Waals surface area contributed by atoms with Gasteiger partial charge in [-0.2, -0.15) is 0 Å². The maximum atomic E-state index is 14.0. The van der Waals surface area contributed by atoms with Crippen LogP contribution in [0.1, 0.15) is 69.8 Å². The first-order valence-electron chi connectivity index (χ1n) is 10.0. The molecule has 1 nitrogen and oxygen atoms in total. The molecule has 2 aliphatic rings. The third-order valence-electron chi connectivity index (χ3n) is 6.35. The molecule has 3 rings (SSSR count). The fraction of sp³-hybridized carbons (Fsp3) is 0.636. The first-order valence-corrected chi connectivity index (χ1v) is 10.0. The summed E-state index contributed by atoms with van der Waals surface area (Å²) in [4.78, 5) is 0. The lowest BCUT2D eigenvalue weighted by molar-refractivity contribution is -0.275. The van der Waals surface area contributed by atoms with E-state index in [1.165, 1.54) is 31.7 Å². The SMILES string of the molecule is CC=CCCC1CCC2CC(c3ccc(OC(F)(F)F)c(F)c3)CCC2C1. The van der Waals surface area contributed by atoms with Crippen LogP contribution in [0, 0.1) is 23.6 Å². The average Bonchev–Trinajstić information content (AvgIpc) is 2.62. The average molecular weight is 384 g/mol. The lowest BCUT2D eigenvalue weighted by Gasteiger charge is -2.42. The highest BCUT2D eigenvalue weighted by Crippen LogP contribution is 2.48. The second kappa shape index (κ2) is 8.66. The molecular weight excluding hydrogens is 356 g/mol. The number of ether oxygens (including phenoxy) is 1. The fourth-order valence-corrected chi connectivity index (χ4v) is 5.03. The van der Waals surface area contributed by atoms with Gasteiger partial charge in [0, 0.05) is 0 Å². The predicted molar refractivity (Wildman–Crippen MR) is 98.0 cm³/mol. The summed E-state index contributed by atoms with van der Waals surface area (Å²) < 4.78 is 54.7. The van der Waals surface area contributed by atoms with Gasteiger partial charge in [0.05, 0.1) is 0 Å². The number of hydrogen-bond acceptors (Lipinski definition) is 1. The second-order valence-corrected chi connectivity index (χ2v) is 8.09. The minimum Gasteiger partial charge on any atom is -0.403 e. The standard InChI is InChI=1S/C22H28F4O/c1-2-3-4-5-15-6-7-17-13-18(9-8-16(17)12-15)19-10-11-21(20(23)14-19)27-22(24,25)26/h2-3,10-11,14-18H,4-9,12-13H2,1H3. The zero-order valence-corrected chi connectivity index (χ0v) is 15.8. The lowest BCUT2D eigenvalue weighted by Crippen LogP contribution is -2.30. The summed E-state index contributed by atoms with van der Waals surface area (Å²) in [5.74, 6) is 0.788. The monoisotopic (exact) mass is 384 g/mol. The molecule has 0 aromatic heterocycles. The van der Waals surface area contributed by atoms with E-state index in [1.54, 1.807) is 6.07 Å². The van der Waals surface area contributed by atoms with Gasteiger partial charge in [-0.15, -0.1) is 13.2 Å². The molecule has 1 aromatic rings. The van der Waals surface area contributed by atoms with Crippen molar-refractivity contribution in [2.75, 3.05) is 0 Å². The molecule has 0 aliphatic heterocycles. The molecule has 2 saturated carbocycles. The summed E-state index contributed by atoms with van der Waals surface area (Å²) in [6, 6.07) is 3.94. The van der Waals surface area contributed by atoms with Crippen LogP contribution in [-0.4, -0.2) is 6.36 Å². The Morgan fingerprint density at radius 2 is 1.81 bits per heavy atom. The van der Waals surface area contributed by atoms with Gasteiger partial charge >= 0.3 is 6.36 Å². The normalized spacial score (nSPS) is 28.9. The Morgan fingerprint density at radius 3 is 2.52 bits per heavy atom. The first-order chi connectivity index (χ1) is 12.9. The van der Waals surface area contributed by atoms with E-state index in [0.29, 0.717) is 5.92 Å². The molecule has 5 heteroatoms. The molecular formula is C22H28F4O. The van der Waals surface area contributed by atoms with Crippen LogP contribution in [0.3, 0.4) is 0 Å². The summed E-state index contributed by atoms with van der Waals surface area (Å²) in [6.45, 7) is 2.06. The molecule has 4 atom stereocenters. The number of benzene rings is 1. The van der Waals surface area contributed by atoms with Crippen molar-refractivity contribution in [2.24, 2.45) is 17.8 Å². The van der Waals surface area contributed by atoms with Gasteiger partial charge in [-0.25, -0.2) is 4.39 Å². The van der Waals surface area contributed by atoms with Gasteiger partial charge < -0.3 is 4.74 Å². The van der Waals surface area contributed by atoms with Crippen LogP contribution in [0.2, 0.25) is 0 Å². The van der Waals surface area contributed by atoms with Crippen LogP contribution < -0.4 is 4.74 Å². The van der Waals surface area contributed by atoms with Gasteiger partial charge in [0.15, 0.2) is 11.6 Å². The molecule has 0 amide bonds. The van der Waals surface area contributed by atoms with E-state index in [0.717, 1.165) is 49.1 Å². The number of halogens is 4. The van der Waals surface area contributed by atoms with Gasteiger partial charge in [-0.3, -0.25) is 0 Å². The molecule has 0 spiro atoms. The van der Waals surface area contributed by atoms with E-state index in [-0.39, 0.29) is 5.92 Å². The maximum Gasteiger partial charge on any atom is 0.573 e. The Balaban J connectivity index is 1.58. The van der Waals surface area contributed by atoms with E-state index in [1.807, 2.05) is 0 Å². The number of alkyl halides is 3. The molecule has 27 heavy (non-hydrogen) atoms. The number of rotatable bonds is 5. The molecule has 2 aliphatic carbocycles. The molecule has 0 saturated heterocycles. The summed E-state index contributed by atoms with van der Waals surface area (Å²) in [7, 11) is 0. The Bertz CT molecular complexity index is 652. The topological polar surface area (TPSA) is 9.23 Å². The number of hydrogen-bond donors (Lipinski definition) is 0. The third-order valence-corrected chi connectivity index (χ3v) is 6.35. The van der Waals surface area contributed by atoms with Crippen LogP contribution >= 0.6 is 0 Å². The molecule has 2 fully saturated rings. The van der Waals surface area contributed by atoms with Gasteiger partial charge in [0.2, 0.25) is 0 Å². The molecule has 0 radical (unpaired) electrons. The van der Waals surface area contributed by atoms with Crippen LogP contribution in [0.4, 0.5) is 17.6 Å². The van der Waals surface area contributed by atoms with E-state index in [9.17, 15) is 17.6 Å². The van der Waals surface area contributed by atoms with E-state index >= 15 is 0 Å².